The maximum atomic E-state index is 13.0. The molecule has 0 spiro atoms. The van der Waals surface area contributed by atoms with Gasteiger partial charge in [-0.2, -0.15) is 4.68 Å². The van der Waals surface area contributed by atoms with Gasteiger partial charge in [0.1, 0.15) is 5.82 Å². The van der Waals surface area contributed by atoms with Crippen LogP contribution in [0.25, 0.3) is 17.1 Å². The number of anilines is 1. The van der Waals surface area contributed by atoms with Gasteiger partial charge in [-0.1, -0.05) is 11.6 Å². The maximum Gasteiger partial charge on any atom is 0.187 e. The highest BCUT2D eigenvalue weighted by Gasteiger charge is 2.11. The van der Waals surface area contributed by atoms with Crippen molar-refractivity contribution in [3.8, 4) is 17.1 Å². The Morgan fingerprint density at radius 1 is 1.10 bits per heavy atom. The van der Waals surface area contributed by atoms with E-state index in [1.54, 1.807) is 30.3 Å². The molecule has 5 nitrogen and oxygen atoms in total. The van der Waals surface area contributed by atoms with Gasteiger partial charge in [0.15, 0.2) is 5.82 Å². The Labute approximate surface area is 118 Å². The van der Waals surface area contributed by atoms with Gasteiger partial charge in [0.05, 0.1) is 16.4 Å². The van der Waals surface area contributed by atoms with Gasteiger partial charge < -0.3 is 5.73 Å². The van der Waals surface area contributed by atoms with Crippen LogP contribution in [0.3, 0.4) is 0 Å². The van der Waals surface area contributed by atoms with Crippen LogP contribution in [0.15, 0.2) is 42.5 Å². The maximum absolute atomic E-state index is 13.0. The number of benzene rings is 2. The van der Waals surface area contributed by atoms with Crippen molar-refractivity contribution in [3.05, 3.63) is 53.3 Å². The van der Waals surface area contributed by atoms with Crippen LogP contribution in [0.2, 0.25) is 5.02 Å². The zero-order chi connectivity index (χ0) is 14.1. The lowest BCUT2D eigenvalue weighted by molar-refractivity contribution is 0.627. The predicted octanol–water partition coefficient (Wildman–Crippen LogP) is 2.70. The molecule has 0 aliphatic carbocycles. The average molecular weight is 290 g/mol. The van der Waals surface area contributed by atoms with Crippen molar-refractivity contribution in [2.75, 3.05) is 5.73 Å². The first-order valence-electron chi connectivity index (χ1n) is 5.75. The Hall–Kier alpha value is -2.47. The number of hydrogen-bond donors (Lipinski definition) is 1. The number of hydrogen-bond acceptors (Lipinski definition) is 4. The third-order valence-corrected chi connectivity index (χ3v) is 3.14. The van der Waals surface area contributed by atoms with Gasteiger partial charge in [0.2, 0.25) is 0 Å². The second kappa shape index (κ2) is 4.90. The molecule has 0 unspecified atom stereocenters. The van der Waals surface area contributed by atoms with Crippen molar-refractivity contribution >= 4 is 17.3 Å². The molecular formula is C13H9ClFN5. The predicted molar refractivity (Wildman–Crippen MR) is 74.0 cm³/mol. The van der Waals surface area contributed by atoms with Crippen molar-refractivity contribution in [2.24, 2.45) is 0 Å². The van der Waals surface area contributed by atoms with Crippen LogP contribution in [0, 0.1) is 5.82 Å². The van der Waals surface area contributed by atoms with E-state index in [4.69, 9.17) is 17.3 Å². The van der Waals surface area contributed by atoms with E-state index in [-0.39, 0.29) is 5.82 Å². The van der Waals surface area contributed by atoms with Gasteiger partial charge in [-0.25, -0.2) is 4.39 Å². The minimum absolute atomic E-state index is 0.320. The number of tetrazole rings is 1. The van der Waals surface area contributed by atoms with Crippen LogP contribution >= 0.6 is 11.6 Å². The molecule has 20 heavy (non-hydrogen) atoms. The molecule has 0 radical (unpaired) electrons. The van der Waals surface area contributed by atoms with Crippen LogP contribution < -0.4 is 5.73 Å². The Morgan fingerprint density at radius 3 is 2.55 bits per heavy atom. The highest BCUT2D eigenvalue weighted by Crippen LogP contribution is 2.26. The van der Waals surface area contributed by atoms with Gasteiger partial charge in [-0.05, 0) is 52.9 Å². The van der Waals surface area contributed by atoms with Gasteiger partial charge in [-0.15, -0.1) is 5.10 Å². The first-order chi connectivity index (χ1) is 9.65. The Kier molecular flexibility index (Phi) is 3.08. The summed E-state index contributed by atoms with van der Waals surface area (Å²) in [6.07, 6.45) is 0. The number of nitrogens with two attached hydrogens (primary N) is 1. The minimum atomic E-state index is -0.320. The molecule has 0 aliphatic rings. The molecular weight excluding hydrogens is 281 g/mol. The summed E-state index contributed by atoms with van der Waals surface area (Å²) in [5.41, 5.74) is 7.59. The van der Waals surface area contributed by atoms with Crippen LogP contribution in [-0.2, 0) is 0 Å². The lowest BCUT2D eigenvalue weighted by Crippen LogP contribution is -2.00. The summed E-state index contributed by atoms with van der Waals surface area (Å²) in [4.78, 5) is 0. The van der Waals surface area contributed by atoms with E-state index >= 15 is 0 Å². The zero-order valence-electron chi connectivity index (χ0n) is 10.2. The summed E-state index contributed by atoms with van der Waals surface area (Å²) in [7, 11) is 0. The standard InChI is InChI=1S/C13H9ClFN5/c14-11-6-1-8(7-12(11)16)13-17-18-19-20(13)10-4-2-9(15)3-5-10/h1-7H,16H2. The molecule has 0 atom stereocenters. The fourth-order valence-electron chi connectivity index (χ4n) is 1.81. The van der Waals surface area contributed by atoms with Gasteiger partial charge in [-0.3, -0.25) is 0 Å². The molecule has 3 aromatic rings. The molecule has 3 rings (SSSR count). The first-order valence-corrected chi connectivity index (χ1v) is 6.12. The molecule has 0 saturated heterocycles. The minimum Gasteiger partial charge on any atom is -0.398 e. The molecule has 0 fully saturated rings. The summed E-state index contributed by atoms with van der Waals surface area (Å²) in [5, 5.41) is 12.0. The summed E-state index contributed by atoms with van der Waals surface area (Å²) >= 11 is 5.89. The lowest BCUT2D eigenvalue weighted by atomic mass is 10.2. The fourth-order valence-corrected chi connectivity index (χ4v) is 1.92. The number of nitrogen functional groups attached to an aromatic ring is 1. The Balaban J connectivity index is 2.10. The van der Waals surface area contributed by atoms with Crippen molar-refractivity contribution in [1.82, 2.24) is 20.2 Å². The van der Waals surface area contributed by atoms with Crippen LogP contribution in [0.4, 0.5) is 10.1 Å². The first kappa shape index (κ1) is 12.6. The monoisotopic (exact) mass is 289 g/mol. The van der Waals surface area contributed by atoms with Gasteiger partial charge >= 0.3 is 0 Å². The summed E-state index contributed by atoms with van der Waals surface area (Å²) in [5.74, 6) is 0.180. The molecule has 2 aromatic carbocycles. The molecule has 100 valence electrons. The van der Waals surface area contributed by atoms with E-state index in [1.165, 1.54) is 16.8 Å². The molecule has 0 saturated carbocycles. The third kappa shape index (κ3) is 2.21. The molecule has 1 aromatic heterocycles. The molecule has 2 N–H and O–H groups in total. The average Bonchev–Trinajstić information content (AvgIpc) is 2.92. The van der Waals surface area contributed by atoms with Crippen molar-refractivity contribution < 1.29 is 4.39 Å². The number of nitrogens with zero attached hydrogens (tertiary/aromatic N) is 4. The van der Waals surface area contributed by atoms with E-state index in [0.717, 1.165) is 5.56 Å². The summed E-state index contributed by atoms with van der Waals surface area (Å²) < 4.78 is 14.5. The van der Waals surface area contributed by atoms with E-state index in [1.807, 2.05) is 0 Å². The number of halogens is 2. The SMILES string of the molecule is Nc1cc(-c2nnnn2-c2ccc(F)cc2)ccc1Cl. The Morgan fingerprint density at radius 2 is 1.85 bits per heavy atom. The van der Waals surface area contributed by atoms with Crippen molar-refractivity contribution in [1.29, 1.82) is 0 Å². The highest BCUT2D eigenvalue weighted by atomic mass is 35.5. The van der Waals surface area contributed by atoms with Crippen molar-refractivity contribution in [3.63, 3.8) is 0 Å². The zero-order valence-corrected chi connectivity index (χ0v) is 10.9. The van der Waals surface area contributed by atoms with Crippen LogP contribution in [0.5, 0.6) is 0 Å². The largest absolute Gasteiger partial charge is 0.398 e. The second-order valence-electron chi connectivity index (χ2n) is 4.13. The highest BCUT2D eigenvalue weighted by molar-refractivity contribution is 6.33. The van der Waals surface area contributed by atoms with Gasteiger partial charge in [0, 0.05) is 5.56 Å². The van der Waals surface area contributed by atoms with E-state index in [0.29, 0.717) is 22.2 Å². The van der Waals surface area contributed by atoms with E-state index in [9.17, 15) is 4.39 Å². The third-order valence-electron chi connectivity index (χ3n) is 2.79. The number of rotatable bonds is 2. The van der Waals surface area contributed by atoms with Crippen LogP contribution in [-0.4, -0.2) is 20.2 Å². The smallest absolute Gasteiger partial charge is 0.187 e. The lowest BCUT2D eigenvalue weighted by Gasteiger charge is -2.06. The summed E-state index contributed by atoms with van der Waals surface area (Å²) in [6.45, 7) is 0. The normalized spacial score (nSPS) is 10.7. The van der Waals surface area contributed by atoms with Crippen molar-refractivity contribution in [2.45, 2.75) is 0 Å². The molecule has 0 aliphatic heterocycles. The molecule has 7 heteroatoms. The van der Waals surface area contributed by atoms with Gasteiger partial charge in [0.25, 0.3) is 0 Å². The van der Waals surface area contributed by atoms with E-state index < -0.39 is 0 Å². The number of aromatic nitrogens is 4. The molecule has 0 bridgehead atoms. The quantitative estimate of drug-likeness (QED) is 0.736. The van der Waals surface area contributed by atoms with E-state index in [2.05, 4.69) is 15.5 Å². The van der Waals surface area contributed by atoms with Crippen LogP contribution in [0.1, 0.15) is 0 Å². The Bertz CT molecular complexity index is 754. The summed E-state index contributed by atoms with van der Waals surface area (Å²) in [6, 6.07) is 11.0. The second-order valence-corrected chi connectivity index (χ2v) is 4.53. The molecule has 0 amide bonds. The molecule has 1 heterocycles. The fraction of sp³-hybridized carbons (Fsp3) is 0. The topological polar surface area (TPSA) is 69.6 Å².